The number of rotatable bonds is 5. The maximum Gasteiger partial charge on any atom is 0.233 e. The SMILES string of the molecule is O=C(CSc1nc2ccccc2s1)N1CCN(c2ccnc(-c3ccccc3)n2)CC1. The fourth-order valence-electron chi connectivity index (χ4n) is 3.56. The molecule has 2 aromatic heterocycles. The van der Waals surface area contributed by atoms with Crippen LogP contribution >= 0.6 is 23.1 Å². The number of hydrogen-bond acceptors (Lipinski definition) is 7. The fraction of sp³-hybridized carbons (Fsp3) is 0.217. The van der Waals surface area contributed by atoms with Crippen molar-refractivity contribution in [3.8, 4) is 11.4 Å². The number of hydrogen-bond donors (Lipinski definition) is 0. The van der Waals surface area contributed by atoms with E-state index in [1.165, 1.54) is 11.8 Å². The molecule has 8 heteroatoms. The number of amides is 1. The van der Waals surface area contributed by atoms with Gasteiger partial charge in [-0.05, 0) is 18.2 Å². The minimum Gasteiger partial charge on any atom is -0.353 e. The van der Waals surface area contributed by atoms with Gasteiger partial charge in [0, 0.05) is 37.9 Å². The van der Waals surface area contributed by atoms with Crippen molar-refractivity contribution in [3.05, 3.63) is 66.9 Å². The third-order valence-corrected chi connectivity index (χ3v) is 7.39. The lowest BCUT2D eigenvalue weighted by Gasteiger charge is -2.35. The van der Waals surface area contributed by atoms with Crippen molar-refractivity contribution in [2.45, 2.75) is 4.34 Å². The first kappa shape index (κ1) is 20.0. The number of para-hydroxylation sites is 1. The van der Waals surface area contributed by atoms with Gasteiger partial charge in [-0.3, -0.25) is 4.79 Å². The van der Waals surface area contributed by atoms with Crippen molar-refractivity contribution in [1.29, 1.82) is 0 Å². The predicted molar refractivity (Wildman–Crippen MR) is 127 cm³/mol. The van der Waals surface area contributed by atoms with Gasteiger partial charge in [0.1, 0.15) is 5.82 Å². The van der Waals surface area contributed by atoms with E-state index in [4.69, 9.17) is 4.98 Å². The van der Waals surface area contributed by atoms with E-state index in [0.717, 1.165) is 44.9 Å². The van der Waals surface area contributed by atoms with Crippen LogP contribution in [0.25, 0.3) is 21.6 Å². The number of fused-ring (bicyclic) bond motifs is 1. The number of carbonyl (C=O) groups is 1. The molecule has 6 nitrogen and oxygen atoms in total. The van der Waals surface area contributed by atoms with Gasteiger partial charge in [0.15, 0.2) is 10.2 Å². The van der Waals surface area contributed by atoms with Gasteiger partial charge in [-0.2, -0.15) is 0 Å². The molecule has 5 rings (SSSR count). The zero-order valence-corrected chi connectivity index (χ0v) is 18.5. The lowest BCUT2D eigenvalue weighted by molar-refractivity contribution is -0.128. The molecular formula is C23H21N5OS2. The molecule has 0 radical (unpaired) electrons. The largest absolute Gasteiger partial charge is 0.353 e. The van der Waals surface area contributed by atoms with Gasteiger partial charge in [0.25, 0.3) is 0 Å². The Morgan fingerprint density at radius 3 is 2.52 bits per heavy atom. The summed E-state index contributed by atoms with van der Waals surface area (Å²) in [6.07, 6.45) is 1.80. The number of anilines is 1. The molecule has 0 aliphatic carbocycles. The summed E-state index contributed by atoms with van der Waals surface area (Å²) >= 11 is 3.17. The summed E-state index contributed by atoms with van der Waals surface area (Å²) in [6, 6.07) is 20.0. The molecular weight excluding hydrogens is 426 g/mol. The molecule has 4 aromatic rings. The molecule has 1 fully saturated rings. The summed E-state index contributed by atoms with van der Waals surface area (Å²) in [5, 5.41) is 0. The van der Waals surface area contributed by atoms with E-state index < -0.39 is 0 Å². The van der Waals surface area contributed by atoms with E-state index in [1.54, 1.807) is 17.5 Å². The Labute approximate surface area is 189 Å². The molecule has 1 saturated heterocycles. The molecule has 1 aliphatic heterocycles. The summed E-state index contributed by atoms with van der Waals surface area (Å²) < 4.78 is 2.10. The average molecular weight is 448 g/mol. The first-order chi connectivity index (χ1) is 15.3. The Bertz CT molecular complexity index is 1160. The monoisotopic (exact) mass is 447 g/mol. The molecule has 0 spiro atoms. The van der Waals surface area contributed by atoms with Gasteiger partial charge in [-0.1, -0.05) is 54.2 Å². The minimum absolute atomic E-state index is 0.163. The molecule has 2 aromatic carbocycles. The highest BCUT2D eigenvalue weighted by Crippen LogP contribution is 2.29. The Kier molecular flexibility index (Phi) is 5.82. The summed E-state index contributed by atoms with van der Waals surface area (Å²) in [5.74, 6) is 2.22. The van der Waals surface area contributed by atoms with Gasteiger partial charge in [0.2, 0.25) is 5.91 Å². The summed E-state index contributed by atoms with van der Waals surface area (Å²) in [6.45, 7) is 2.93. The Balaban J connectivity index is 1.17. The van der Waals surface area contributed by atoms with E-state index in [9.17, 15) is 4.79 Å². The molecule has 1 aliphatic rings. The van der Waals surface area contributed by atoms with Crippen molar-refractivity contribution in [3.63, 3.8) is 0 Å². The normalized spacial score (nSPS) is 14.2. The fourth-order valence-corrected chi connectivity index (χ4v) is 5.54. The number of thiazole rings is 1. The molecule has 156 valence electrons. The molecule has 0 bridgehead atoms. The number of carbonyl (C=O) groups excluding carboxylic acids is 1. The van der Waals surface area contributed by atoms with E-state index in [1.807, 2.05) is 59.5 Å². The lowest BCUT2D eigenvalue weighted by Crippen LogP contribution is -2.49. The second-order valence-electron chi connectivity index (χ2n) is 7.21. The molecule has 0 N–H and O–H groups in total. The van der Waals surface area contributed by atoms with Crippen LogP contribution in [0.4, 0.5) is 5.82 Å². The van der Waals surface area contributed by atoms with E-state index in [0.29, 0.717) is 18.8 Å². The third-order valence-electron chi connectivity index (χ3n) is 5.22. The maximum absolute atomic E-state index is 12.7. The number of piperazine rings is 1. The van der Waals surface area contributed by atoms with Gasteiger partial charge in [-0.25, -0.2) is 15.0 Å². The molecule has 0 atom stereocenters. The standard InChI is InChI=1S/C23H21N5OS2/c29-21(16-30-23-25-18-8-4-5-9-19(18)31-23)28-14-12-27(13-15-28)20-10-11-24-22(26-20)17-6-2-1-3-7-17/h1-11H,12-16H2. The highest BCUT2D eigenvalue weighted by Gasteiger charge is 2.22. The lowest BCUT2D eigenvalue weighted by atomic mass is 10.2. The van der Waals surface area contributed by atoms with Crippen molar-refractivity contribution in [1.82, 2.24) is 19.9 Å². The van der Waals surface area contributed by atoms with E-state index in [2.05, 4.69) is 20.9 Å². The van der Waals surface area contributed by atoms with Crippen molar-refractivity contribution in [2.75, 3.05) is 36.8 Å². The van der Waals surface area contributed by atoms with Crippen molar-refractivity contribution in [2.24, 2.45) is 0 Å². The minimum atomic E-state index is 0.163. The molecule has 3 heterocycles. The number of benzene rings is 2. The number of nitrogens with zero attached hydrogens (tertiary/aromatic N) is 5. The summed E-state index contributed by atoms with van der Waals surface area (Å²) in [7, 11) is 0. The highest BCUT2D eigenvalue weighted by molar-refractivity contribution is 8.01. The molecule has 31 heavy (non-hydrogen) atoms. The molecule has 0 saturated carbocycles. The number of aromatic nitrogens is 3. The van der Waals surface area contributed by atoms with E-state index >= 15 is 0 Å². The van der Waals surface area contributed by atoms with Crippen LogP contribution in [0.2, 0.25) is 0 Å². The van der Waals surface area contributed by atoms with Crippen LogP contribution in [-0.2, 0) is 4.79 Å². The Hall–Kier alpha value is -2.97. The van der Waals surface area contributed by atoms with Crippen LogP contribution in [0.1, 0.15) is 0 Å². The Morgan fingerprint density at radius 2 is 1.71 bits per heavy atom. The van der Waals surface area contributed by atoms with Gasteiger partial charge in [-0.15, -0.1) is 11.3 Å². The van der Waals surface area contributed by atoms with Crippen LogP contribution in [-0.4, -0.2) is 57.7 Å². The van der Waals surface area contributed by atoms with Crippen molar-refractivity contribution >= 4 is 45.0 Å². The van der Waals surface area contributed by atoms with Crippen LogP contribution < -0.4 is 4.90 Å². The van der Waals surface area contributed by atoms with Crippen LogP contribution in [0.3, 0.4) is 0 Å². The maximum atomic E-state index is 12.7. The second kappa shape index (κ2) is 9.03. The van der Waals surface area contributed by atoms with Crippen LogP contribution in [0, 0.1) is 0 Å². The first-order valence-corrected chi connectivity index (χ1v) is 12.0. The smallest absolute Gasteiger partial charge is 0.233 e. The van der Waals surface area contributed by atoms with Crippen LogP contribution in [0.5, 0.6) is 0 Å². The predicted octanol–water partition coefficient (Wildman–Crippen LogP) is 4.19. The van der Waals surface area contributed by atoms with Crippen molar-refractivity contribution < 1.29 is 4.79 Å². The van der Waals surface area contributed by atoms with Gasteiger partial charge in [0.05, 0.1) is 16.0 Å². The first-order valence-electron chi connectivity index (χ1n) is 10.2. The van der Waals surface area contributed by atoms with Gasteiger partial charge >= 0.3 is 0 Å². The highest BCUT2D eigenvalue weighted by atomic mass is 32.2. The van der Waals surface area contributed by atoms with Crippen LogP contribution in [0.15, 0.2) is 71.2 Å². The zero-order valence-electron chi connectivity index (χ0n) is 16.8. The number of thioether (sulfide) groups is 1. The Morgan fingerprint density at radius 1 is 0.935 bits per heavy atom. The second-order valence-corrected chi connectivity index (χ2v) is 9.46. The topological polar surface area (TPSA) is 62.2 Å². The van der Waals surface area contributed by atoms with Gasteiger partial charge < -0.3 is 9.80 Å². The third kappa shape index (κ3) is 4.55. The van der Waals surface area contributed by atoms with E-state index in [-0.39, 0.29) is 5.91 Å². The quantitative estimate of drug-likeness (QED) is 0.428. The summed E-state index contributed by atoms with van der Waals surface area (Å²) in [5.41, 5.74) is 2.00. The average Bonchev–Trinajstić information content (AvgIpc) is 3.26. The zero-order chi connectivity index (χ0) is 21.0. The molecule has 0 unspecified atom stereocenters. The molecule has 1 amide bonds. The summed E-state index contributed by atoms with van der Waals surface area (Å²) in [4.78, 5) is 30.6.